The SMILES string of the molecule is CC(C)S(=O)(=O)c1sccc1Nc1nc(Nc2ccc(NC(=O)CN)cc2)ncc1Cl. The second kappa shape index (κ2) is 9.60. The first-order valence-electron chi connectivity index (χ1n) is 9.18. The average Bonchev–Trinajstić information content (AvgIpc) is 3.20. The fraction of sp³-hybridized carbons (Fsp3) is 0.211. The number of carbonyl (C=O) groups excluding carboxylic acids is 1. The topological polar surface area (TPSA) is 139 Å². The van der Waals surface area contributed by atoms with Crippen molar-refractivity contribution >= 4 is 67.5 Å². The number of anilines is 5. The van der Waals surface area contributed by atoms with Gasteiger partial charge in [0.2, 0.25) is 11.9 Å². The molecule has 2 heterocycles. The van der Waals surface area contributed by atoms with E-state index in [4.69, 9.17) is 17.3 Å². The van der Waals surface area contributed by atoms with Gasteiger partial charge >= 0.3 is 0 Å². The number of halogens is 1. The van der Waals surface area contributed by atoms with Gasteiger partial charge in [-0.2, -0.15) is 4.98 Å². The molecule has 0 bridgehead atoms. The predicted molar refractivity (Wildman–Crippen MR) is 124 cm³/mol. The zero-order valence-electron chi connectivity index (χ0n) is 16.7. The third kappa shape index (κ3) is 5.50. The molecule has 0 aliphatic heterocycles. The fourth-order valence-corrected chi connectivity index (χ4v) is 5.29. The minimum Gasteiger partial charge on any atom is -0.337 e. The highest BCUT2D eigenvalue weighted by Crippen LogP contribution is 2.34. The highest BCUT2D eigenvalue weighted by Gasteiger charge is 2.25. The lowest BCUT2D eigenvalue weighted by Crippen LogP contribution is -2.21. The van der Waals surface area contributed by atoms with Crippen LogP contribution in [0.3, 0.4) is 0 Å². The van der Waals surface area contributed by atoms with Gasteiger partial charge in [0, 0.05) is 11.4 Å². The molecule has 0 spiro atoms. The van der Waals surface area contributed by atoms with E-state index in [2.05, 4.69) is 25.9 Å². The maximum absolute atomic E-state index is 12.6. The Balaban J connectivity index is 1.79. The van der Waals surface area contributed by atoms with Crippen LogP contribution in [0.5, 0.6) is 0 Å². The summed E-state index contributed by atoms with van der Waals surface area (Å²) in [7, 11) is -3.45. The summed E-state index contributed by atoms with van der Waals surface area (Å²) in [4.78, 5) is 19.9. The zero-order valence-corrected chi connectivity index (χ0v) is 19.1. The molecule has 31 heavy (non-hydrogen) atoms. The van der Waals surface area contributed by atoms with Crippen LogP contribution in [0.2, 0.25) is 5.02 Å². The van der Waals surface area contributed by atoms with E-state index in [-0.39, 0.29) is 33.4 Å². The van der Waals surface area contributed by atoms with Gasteiger partial charge in [-0.1, -0.05) is 11.6 Å². The monoisotopic (exact) mass is 480 g/mol. The summed E-state index contributed by atoms with van der Waals surface area (Å²) < 4.78 is 25.4. The minimum atomic E-state index is -3.45. The molecule has 0 aliphatic rings. The third-order valence-corrected chi connectivity index (χ3v) is 8.06. The summed E-state index contributed by atoms with van der Waals surface area (Å²) in [5.74, 6) is 0.239. The maximum atomic E-state index is 12.6. The van der Waals surface area contributed by atoms with Crippen molar-refractivity contribution < 1.29 is 13.2 Å². The van der Waals surface area contributed by atoms with Crippen LogP contribution in [0, 0.1) is 0 Å². The van der Waals surface area contributed by atoms with E-state index < -0.39 is 15.1 Å². The molecular formula is C19H21ClN6O3S2. The van der Waals surface area contributed by atoms with Crippen molar-refractivity contribution in [1.82, 2.24) is 9.97 Å². The second-order valence-electron chi connectivity index (χ2n) is 6.69. The molecule has 0 radical (unpaired) electrons. The number of nitrogens with one attached hydrogen (secondary N) is 3. The van der Waals surface area contributed by atoms with Crippen LogP contribution in [0.15, 0.2) is 46.1 Å². The Morgan fingerprint density at radius 2 is 1.84 bits per heavy atom. The molecule has 5 N–H and O–H groups in total. The van der Waals surface area contributed by atoms with E-state index in [0.717, 1.165) is 11.3 Å². The van der Waals surface area contributed by atoms with Gasteiger partial charge in [0.25, 0.3) is 0 Å². The summed E-state index contributed by atoms with van der Waals surface area (Å²) in [5, 5.41) is 10.1. The van der Waals surface area contributed by atoms with Gasteiger partial charge in [0.05, 0.1) is 23.7 Å². The molecule has 0 fully saturated rings. The van der Waals surface area contributed by atoms with Crippen molar-refractivity contribution in [2.24, 2.45) is 5.73 Å². The van der Waals surface area contributed by atoms with Crippen LogP contribution in [-0.4, -0.2) is 36.1 Å². The number of carbonyl (C=O) groups is 1. The van der Waals surface area contributed by atoms with Crippen molar-refractivity contribution in [3.63, 3.8) is 0 Å². The number of nitrogens with zero attached hydrogens (tertiary/aromatic N) is 2. The molecular weight excluding hydrogens is 460 g/mol. The summed E-state index contributed by atoms with van der Waals surface area (Å²) in [5.41, 5.74) is 6.98. The van der Waals surface area contributed by atoms with Crippen molar-refractivity contribution in [3.05, 3.63) is 46.9 Å². The van der Waals surface area contributed by atoms with Crippen molar-refractivity contribution in [3.8, 4) is 0 Å². The van der Waals surface area contributed by atoms with Crippen LogP contribution in [0.25, 0.3) is 0 Å². The summed E-state index contributed by atoms with van der Waals surface area (Å²) in [6.07, 6.45) is 1.41. The lowest BCUT2D eigenvalue weighted by molar-refractivity contribution is -0.114. The molecule has 3 rings (SSSR count). The largest absolute Gasteiger partial charge is 0.337 e. The number of hydrogen-bond donors (Lipinski definition) is 4. The number of sulfone groups is 1. The first kappa shape index (κ1) is 22.9. The molecule has 0 atom stereocenters. The molecule has 0 unspecified atom stereocenters. The van der Waals surface area contributed by atoms with Crippen molar-refractivity contribution in [2.75, 3.05) is 22.5 Å². The first-order valence-corrected chi connectivity index (χ1v) is 12.0. The van der Waals surface area contributed by atoms with Gasteiger partial charge in [-0.15, -0.1) is 11.3 Å². The summed E-state index contributed by atoms with van der Waals surface area (Å²) in [6.45, 7) is 3.16. The fourth-order valence-electron chi connectivity index (χ4n) is 2.44. The Bertz CT molecular complexity index is 1180. The van der Waals surface area contributed by atoms with E-state index in [9.17, 15) is 13.2 Å². The zero-order chi connectivity index (χ0) is 22.6. The maximum Gasteiger partial charge on any atom is 0.238 e. The number of thiophene rings is 1. The van der Waals surface area contributed by atoms with E-state index in [1.165, 1.54) is 6.20 Å². The molecule has 164 valence electrons. The normalized spacial score (nSPS) is 11.4. The van der Waals surface area contributed by atoms with Crippen molar-refractivity contribution in [2.45, 2.75) is 23.3 Å². The van der Waals surface area contributed by atoms with Gasteiger partial charge in [0.1, 0.15) is 9.23 Å². The second-order valence-corrected chi connectivity index (χ2v) is 10.7. The highest BCUT2D eigenvalue weighted by molar-refractivity contribution is 7.94. The summed E-state index contributed by atoms with van der Waals surface area (Å²) in [6, 6.07) is 8.56. The molecule has 2 aromatic heterocycles. The molecule has 1 aromatic carbocycles. The van der Waals surface area contributed by atoms with E-state index >= 15 is 0 Å². The Kier molecular flexibility index (Phi) is 7.11. The number of nitrogens with two attached hydrogens (primary N) is 1. The Hall–Kier alpha value is -2.73. The molecule has 3 aromatic rings. The molecule has 1 amide bonds. The quantitative estimate of drug-likeness (QED) is 0.382. The van der Waals surface area contributed by atoms with Crippen LogP contribution >= 0.6 is 22.9 Å². The number of amides is 1. The predicted octanol–water partition coefficient (Wildman–Crippen LogP) is 3.76. The number of hydrogen-bond acceptors (Lipinski definition) is 9. The number of benzene rings is 1. The van der Waals surface area contributed by atoms with Crippen LogP contribution in [0.1, 0.15) is 13.8 Å². The number of aromatic nitrogens is 2. The highest BCUT2D eigenvalue weighted by atomic mass is 35.5. The molecule has 12 heteroatoms. The molecule has 9 nitrogen and oxygen atoms in total. The van der Waals surface area contributed by atoms with E-state index in [1.807, 2.05) is 0 Å². The Morgan fingerprint density at radius 1 is 1.16 bits per heavy atom. The van der Waals surface area contributed by atoms with Crippen LogP contribution in [-0.2, 0) is 14.6 Å². The average molecular weight is 481 g/mol. The Morgan fingerprint density at radius 3 is 2.48 bits per heavy atom. The minimum absolute atomic E-state index is 0.0985. The van der Waals surface area contributed by atoms with E-state index in [0.29, 0.717) is 17.1 Å². The first-order chi connectivity index (χ1) is 14.7. The third-order valence-electron chi connectivity index (χ3n) is 4.12. The van der Waals surface area contributed by atoms with Gasteiger partial charge in [-0.3, -0.25) is 4.79 Å². The van der Waals surface area contributed by atoms with Crippen LogP contribution < -0.4 is 21.7 Å². The van der Waals surface area contributed by atoms with E-state index in [1.54, 1.807) is 49.6 Å². The van der Waals surface area contributed by atoms with Crippen molar-refractivity contribution in [1.29, 1.82) is 0 Å². The molecule has 0 aliphatic carbocycles. The summed E-state index contributed by atoms with van der Waals surface area (Å²) >= 11 is 7.35. The molecule has 0 saturated carbocycles. The standard InChI is InChI=1S/C19H21ClN6O3S2/c1-11(2)31(28,29)18-15(7-8-30-18)25-17-14(20)10-22-19(26-17)24-13-5-3-12(4-6-13)23-16(27)9-21/h3-8,10-11H,9,21H2,1-2H3,(H,23,27)(H2,22,24,25,26). The number of rotatable bonds is 8. The lowest BCUT2D eigenvalue weighted by Gasteiger charge is -2.12. The van der Waals surface area contributed by atoms with Gasteiger partial charge in [-0.05, 0) is 49.6 Å². The van der Waals surface area contributed by atoms with Gasteiger partial charge in [0.15, 0.2) is 15.7 Å². The van der Waals surface area contributed by atoms with Crippen LogP contribution in [0.4, 0.5) is 28.8 Å². The van der Waals surface area contributed by atoms with Gasteiger partial charge < -0.3 is 21.7 Å². The Labute approximate surface area is 189 Å². The smallest absolute Gasteiger partial charge is 0.238 e. The lowest BCUT2D eigenvalue weighted by atomic mass is 10.3. The molecule has 0 saturated heterocycles. The van der Waals surface area contributed by atoms with Gasteiger partial charge in [-0.25, -0.2) is 13.4 Å².